The number of aromatic nitrogens is 3. The fourth-order valence-corrected chi connectivity index (χ4v) is 6.05. The summed E-state index contributed by atoms with van der Waals surface area (Å²) in [6.45, 7) is 2.96. The third kappa shape index (κ3) is 3.81. The Labute approximate surface area is 189 Å². The first-order valence-electron chi connectivity index (χ1n) is 10.2. The molecule has 0 spiro atoms. The summed E-state index contributed by atoms with van der Waals surface area (Å²) >= 11 is 1.41. The summed E-state index contributed by atoms with van der Waals surface area (Å²) in [6, 6.07) is 10.6. The number of fused-ring (bicyclic) bond motifs is 1. The molecule has 0 atom stereocenters. The van der Waals surface area contributed by atoms with Crippen LogP contribution < -0.4 is 5.32 Å². The van der Waals surface area contributed by atoms with Gasteiger partial charge in [-0.1, -0.05) is 12.1 Å². The van der Waals surface area contributed by atoms with E-state index >= 15 is 0 Å². The molecule has 4 aromatic rings. The average Bonchev–Trinajstić information content (AvgIpc) is 3.55. The van der Waals surface area contributed by atoms with E-state index in [0.29, 0.717) is 24.5 Å². The summed E-state index contributed by atoms with van der Waals surface area (Å²) in [6.07, 6.45) is 3.42. The van der Waals surface area contributed by atoms with Gasteiger partial charge in [0, 0.05) is 23.9 Å². The smallest absolute Gasteiger partial charge is 0.275 e. The molecule has 2 N–H and O–H groups in total. The van der Waals surface area contributed by atoms with Crippen LogP contribution in [0, 0.1) is 6.92 Å². The minimum atomic E-state index is -3.53. The van der Waals surface area contributed by atoms with Crippen LogP contribution in [0.4, 0.5) is 5.69 Å². The maximum atomic E-state index is 13.0. The van der Waals surface area contributed by atoms with E-state index in [2.05, 4.69) is 20.5 Å². The molecule has 1 saturated heterocycles. The Kier molecular flexibility index (Phi) is 5.28. The lowest BCUT2D eigenvalue weighted by Gasteiger charge is -2.16. The summed E-state index contributed by atoms with van der Waals surface area (Å²) in [5, 5.41) is 13.2. The van der Waals surface area contributed by atoms with Crippen LogP contribution in [-0.4, -0.2) is 46.9 Å². The molecule has 1 aliphatic heterocycles. The highest BCUT2D eigenvalue weighted by Crippen LogP contribution is 2.32. The Morgan fingerprint density at radius 3 is 2.72 bits per heavy atom. The first-order chi connectivity index (χ1) is 15.4. The molecule has 0 unspecified atom stereocenters. The molecule has 32 heavy (non-hydrogen) atoms. The fraction of sp³-hybridized carbons (Fsp3) is 0.227. The number of rotatable bonds is 5. The van der Waals surface area contributed by atoms with Gasteiger partial charge >= 0.3 is 0 Å². The van der Waals surface area contributed by atoms with Crippen molar-refractivity contribution in [1.82, 2.24) is 19.5 Å². The molecule has 164 valence electrons. The lowest BCUT2D eigenvalue weighted by molar-refractivity contribution is 0.102. The number of sulfonamides is 1. The second-order valence-corrected chi connectivity index (χ2v) is 10.7. The normalized spacial score (nSPS) is 14.8. The molecule has 3 heterocycles. The van der Waals surface area contributed by atoms with Gasteiger partial charge in [-0.3, -0.25) is 9.89 Å². The van der Waals surface area contributed by atoms with Crippen molar-refractivity contribution in [2.24, 2.45) is 0 Å². The monoisotopic (exact) mass is 467 g/mol. The van der Waals surface area contributed by atoms with Crippen molar-refractivity contribution in [2.75, 3.05) is 18.4 Å². The van der Waals surface area contributed by atoms with Crippen LogP contribution in [0.15, 0.2) is 52.9 Å². The highest BCUT2D eigenvalue weighted by Gasteiger charge is 2.27. The lowest BCUT2D eigenvalue weighted by Crippen LogP contribution is -2.27. The van der Waals surface area contributed by atoms with Crippen molar-refractivity contribution in [3.63, 3.8) is 0 Å². The second kappa shape index (κ2) is 8.12. The number of aromatic amines is 1. The SMILES string of the molecule is Cc1nc(C(=O)Nc2cc(-c3cccc(S(=O)(=O)N4CCCC4)c3)cc3[nH]ncc23)cs1. The van der Waals surface area contributed by atoms with E-state index in [-0.39, 0.29) is 10.8 Å². The van der Waals surface area contributed by atoms with Crippen LogP contribution in [0.3, 0.4) is 0 Å². The van der Waals surface area contributed by atoms with Crippen LogP contribution >= 0.6 is 11.3 Å². The van der Waals surface area contributed by atoms with Crippen molar-refractivity contribution < 1.29 is 13.2 Å². The number of hydrogen-bond acceptors (Lipinski definition) is 6. The number of carbonyl (C=O) groups excluding carboxylic acids is 1. The van der Waals surface area contributed by atoms with Gasteiger partial charge in [0.1, 0.15) is 5.69 Å². The molecule has 2 aromatic heterocycles. The quantitative estimate of drug-likeness (QED) is 0.461. The number of H-pyrrole nitrogens is 1. The molecule has 10 heteroatoms. The van der Waals surface area contributed by atoms with Gasteiger partial charge in [0.15, 0.2) is 0 Å². The Balaban J connectivity index is 1.53. The number of amides is 1. The zero-order chi connectivity index (χ0) is 22.3. The summed E-state index contributed by atoms with van der Waals surface area (Å²) in [4.78, 5) is 17.2. The Morgan fingerprint density at radius 2 is 1.97 bits per heavy atom. The van der Waals surface area contributed by atoms with E-state index in [1.165, 1.54) is 15.6 Å². The molecule has 8 nitrogen and oxygen atoms in total. The van der Waals surface area contributed by atoms with E-state index in [9.17, 15) is 13.2 Å². The van der Waals surface area contributed by atoms with Gasteiger partial charge in [-0.25, -0.2) is 13.4 Å². The molecule has 0 saturated carbocycles. The third-order valence-corrected chi connectivity index (χ3v) is 8.20. The number of aryl methyl sites for hydroxylation is 1. The molecule has 1 aliphatic rings. The minimum absolute atomic E-state index is 0.269. The molecular weight excluding hydrogens is 446 g/mol. The Hall–Kier alpha value is -3.08. The van der Waals surface area contributed by atoms with E-state index in [4.69, 9.17) is 0 Å². The molecule has 0 bridgehead atoms. The van der Waals surface area contributed by atoms with Crippen molar-refractivity contribution in [1.29, 1.82) is 0 Å². The average molecular weight is 468 g/mol. The topological polar surface area (TPSA) is 108 Å². The first kappa shape index (κ1) is 20.8. The molecular formula is C22H21N5O3S2. The standard InChI is InChI=1S/C22H21N5O3S2/c1-14-24-21(13-31-14)22(28)25-19-10-16(11-20-18(19)12-23-26-20)15-5-4-6-17(9-15)32(29,30)27-7-2-3-8-27/h4-6,9-13H,2-3,7-8H2,1H3,(H,23,26)(H,25,28). The Bertz CT molecular complexity index is 1420. The van der Waals surface area contributed by atoms with Crippen molar-refractivity contribution in [3.05, 3.63) is 58.7 Å². The van der Waals surface area contributed by atoms with E-state index in [0.717, 1.165) is 39.9 Å². The largest absolute Gasteiger partial charge is 0.320 e. The van der Waals surface area contributed by atoms with Gasteiger partial charge in [-0.05, 0) is 55.2 Å². The summed E-state index contributed by atoms with van der Waals surface area (Å²) in [7, 11) is -3.53. The van der Waals surface area contributed by atoms with Crippen LogP contribution in [0.2, 0.25) is 0 Å². The van der Waals surface area contributed by atoms with Gasteiger partial charge in [0.05, 0.1) is 27.3 Å². The summed E-state index contributed by atoms with van der Waals surface area (Å²) < 4.78 is 27.5. The number of nitrogens with zero attached hydrogens (tertiary/aromatic N) is 3. The number of nitrogens with one attached hydrogen (secondary N) is 2. The molecule has 0 aliphatic carbocycles. The van der Waals surface area contributed by atoms with Gasteiger partial charge in [-0.2, -0.15) is 9.40 Å². The minimum Gasteiger partial charge on any atom is -0.320 e. The maximum Gasteiger partial charge on any atom is 0.275 e. The van der Waals surface area contributed by atoms with Crippen LogP contribution in [0.1, 0.15) is 28.3 Å². The number of benzene rings is 2. The van der Waals surface area contributed by atoms with Crippen molar-refractivity contribution in [2.45, 2.75) is 24.7 Å². The van der Waals surface area contributed by atoms with Crippen LogP contribution in [0.5, 0.6) is 0 Å². The number of carbonyl (C=O) groups is 1. The summed E-state index contributed by atoms with van der Waals surface area (Å²) in [5.41, 5.74) is 3.18. The highest BCUT2D eigenvalue weighted by atomic mass is 32.2. The molecule has 1 fully saturated rings. The summed E-state index contributed by atoms with van der Waals surface area (Å²) in [5.74, 6) is -0.306. The predicted molar refractivity (Wildman–Crippen MR) is 124 cm³/mol. The van der Waals surface area contributed by atoms with Crippen LogP contribution in [0.25, 0.3) is 22.0 Å². The zero-order valence-corrected chi connectivity index (χ0v) is 19.0. The van der Waals surface area contributed by atoms with Gasteiger partial charge in [0.25, 0.3) is 5.91 Å². The van der Waals surface area contributed by atoms with Gasteiger partial charge in [-0.15, -0.1) is 11.3 Å². The van der Waals surface area contributed by atoms with Crippen molar-refractivity contribution in [3.8, 4) is 11.1 Å². The number of anilines is 1. The molecule has 0 radical (unpaired) electrons. The Morgan fingerprint density at radius 1 is 1.16 bits per heavy atom. The van der Waals surface area contributed by atoms with Gasteiger partial charge < -0.3 is 5.32 Å². The van der Waals surface area contributed by atoms with E-state index in [1.54, 1.807) is 29.8 Å². The highest BCUT2D eigenvalue weighted by molar-refractivity contribution is 7.89. The van der Waals surface area contributed by atoms with Crippen LogP contribution in [-0.2, 0) is 10.0 Å². The maximum absolute atomic E-state index is 13.0. The second-order valence-electron chi connectivity index (χ2n) is 7.70. The molecule has 5 rings (SSSR count). The number of thiazole rings is 1. The lowest BCUT2D eigenvalue weighted by atomic mass is 10.0. The fourth-order valence-electron chi connectivity index (χ4n) is 3.89. The third-order valence-electron chi connectivity index (χ3n) is 5.53. The molecule has 2 aromatic carbocycles. The molecule has 1 amide bonds. The zero-order valence-electron chi connectivity index (χ0n) is 17.3. The predicted octanol–water partition coefficient (Wildman–Crippen LogP) is 4.03. The van der Waals surface area contributed by atoms with Crippen molar-refractivity contribution >= 4 is 43.9 Å². The van der Waals surface area contributed by atoms with E-state index < -0.39 is 10.0 Å². The number of hydrogen-bond donors (Lipinski definition) is 2. The first-order valence-corrected chi connectivity index (χ1v) is 12.5. The van der Waals surface area contributed by atoms with Gasteiger partial charge in [0.2, 0.25) is 10.0 Å². The van der Waals surface area contributed by atoms with E-state index in [1.807, 2.05) is 25.1 Å².